The Morgan fingerprint density at radius 2 is 2.10 bits per heavy atom. The minimum absolute atomic E-state index is 0.412. The second kappa shape index (κ2) is 3.38. The summed E-state index contributed by atoms with van der Waals surface area (Å²) in [5.41, 5.74) is 5.86. The van der Waals surface area contributed by atoms with Crippen LogP contribution in [0.2, 0.25) is 0 Å². The highest BCUT2D eigenvalue weighted by atomic mass is 14.6. The predicted molar refractivity (Wildman–Crippen MR) is 44.8 cm³/mol. The maximum absolute atomic E-state index is 5.86. The van der Waals surface area contributed by atoms with Gasteiger partial charge in [-0.25, -0.2) is 0 Å². The average molecular weight is 141 g/mol. The zero-order valence-electron chi connectivity index (χ0n) is 7.14. The Labute approximate surface area is 64.0 Å². The predicted octanol–water partition coefficient (Wildman–Crippen LogP) is 2.16. The fourth-order valence-corrected chi connectivity index (χ4v) is 2.00. The first-order valence-corrected chi connectivity index (χ1v) is 4.51. The van der Waals surface area contributed by atoms with Gasteiger partial charge in [0.05, 0.1) is 0 Å². The molecule has 0 radical (unpaired) electrons. The molecule has 1 nitrogen and oxygen atoms in total. The SMILES string of the molecule is CCC(C(C)N)C1CCC1. The van der Waals surface area contributed by atoms with Gasteiger partial charge < -0.3 is 5.73 Å². The molecule has 0 aromatic carbocycles. The molecule has 1 heteroatoms. The molecule has 0 bridgehead atoms. The number of nitrogens with two attached hydrogens (primary N) is 1. The summed E-state index contributed by atoms with van der Waals surface area (Å²) in [4.78, 5) is 0. The van der Waals surface area contributed by atoms with E-state index in [9.17, 15) is 0 Å². The molecule has 2 unspecified atom stereocenters. The van der Waals surface area contributed by atoms with Gasteiger partial charge in [0.15, 0.2) is 0 Å². The molecule has 0 aliphatic heterocycles. The molecule has 0 aromatic rings. The van der Waals surface area contributed by atoms with Gasteiger partial charge >= 0.3 is 0 Å². The lowest BCUT2D eigenvalue weighted by Crippen LogP contribution is -2.35. The van der Waals surface area contributed by atoms with Crippen molar-refractivity contribution in [2.24, 2.45) is 17.6 Å². The number of hydrogen-bond acceptors (Lipinski definition) is 1. The van der Waals surface area contributed by atoms with Crippen LogP contribution in [-0.2, 0) is 0 Å². The zero-order valence-corrected chi connectivity index (χ0v) is 7.14. The minimum Gasteiger partial charge on any atom is -0.328 e. The molecule has 1 aliphatic carbocycles. The second-order valence-electron chi connectivity index (χ2n) is 3.62. The molecule has 2 atom stereocenters. The quantitative estimate of drug-likeness (QED) is 0.640. The molecular formula is C9H19N. The van der Waals surface area contributed by atoms with Crippen LogP contribution in [0.1, 0.15) is 39.5 Å². The fraction of sp³-hybridized carbons (Fsp3) is 1.00. The van der Waals surface area contributed by atoms with Crippen LogP contribution in [0.15, 0.2) is 0 Å². The lowest BCUT2D eigenvalue weighted by Gasteiger charge is -2.35. The molecule has 60 valence electrons. The van der Waals surface area contributed by atoms with Crippen LogP contribution in [0.4, 0.5) is 0 Å². The Morgan fingerprint density at radius 3 is 2.20 bits per heavy atom. The van der Waals surface area contributed by atoms with Crippen molar-refractivity contribution < 1.29 is 0 Å². The normalized spacial score (nSPS) is 25.5. The highest BCUT2D eigenvalue weighted by Crippen LogP contribution is 2.36. The van der Waals surface area contributed by atoms with Crippen molar-refractivity contribution in [3.63, 3.8) is 0 Å². The number of rotatable bonds is 3. The second-order valence-corrected chi connectivity index (χ2v) is 3.62. The van der Waals surface area contributed by atoms with Crippen molar-refractivity contribution in [2.45, 2.75) is 45.6 Å². The van der Waals surface area contributed by atoms with E-state index in [0.717, 1.165) is 11.8 Å². The van der Waals surface area contributed by atoms with Gasteiger partial charge in [0.1, 0.15) is 0 Å². The van der Waals surface area contributed by atoms with Crippen LogP contribution < -0.4 is 5.73 Å². The van der Waals surface area contributed by atoms with E-state index in [1.165, 1.54) is 25.7 Å². The highest BCUT2D eigenvalue weighted by Gasteiger charge is 2.27. The molecule has 10 heavy (non-hydrogen) atoms. The molecule has 0 saturated heterocycles. The topological polar surface area (TPSA) is 26.0 Å². The summed E-state index contributed by atoms with van der Waals surface area (Å²) in [6, 6.07) is 0.412. The summed E-state index contributed by atoms with van der Waals surface area (Å²) in [7, 11) is 0. The van der Waals surface area contributed by atoms with Crippen LogP contribution in [0.3, 0.4) is 0 Å². The minimum atomic E-state index is 0.412. The van der Waals surface area contributed by atoms with Gasteiger partial charge in [-0.05, 0) is 18.8 Å². The molecule has 1 fully saturated rings. The molecule has 0 heterocycles. The summed E-state index contributed by atoms with van der Waals surface area (Å²) in [5.74, 6) is 1.76. The van der Waals surface area contributed by atoms with E-state index >= 15 is 0 Å². The van der Waals surface area contributed by atoms with E-state index in [4.69, 9.17) is 5.73 Å². The van der Waals surface area contributed by atoms with Crippen molar-refractivity contribution in [1.82, 2.24) is 0 Å². The third-order valence-corrected chi connectivity index (χ3v) is 2.90. The summed E-state index contributed by atoms with van der Waals surface area (Å²) in [6.07, 6.45) is 5.57. The highest BCUT2D eigenvalue weighted by molar-refractivity contribution is 4.81. The van der Waals surface area contributed by atoms with Crippen LogP contribution in [0.5, 0.6) is 0 Å². The van der Waals surface area contributed by atoms with E-state index in [1.54, 1.807) is 0 Å². The zero-order chi connectivity index (χ0) is 7.56. The molecule has 0 spiro atoms. The number of hydrogen-bond donors (Lipinski definition) is 1. The Balaban J connectivity index is 2.31. The van der Waals surface area contributed by atoms with E-state index in [0.29, 0.717) is 6.04 Å². The van der Waals surface area contributed by atoms with Crippen molar-refractivity contribution in [3.8, 4) is 0 Å². The molecule has 0 amide bonds. The summed E-state index contributed by atoms with van der Waals surface area (Å²) in [5, 5.41) is 0. The molecule has 2 N–H and O–H groups in total. The third-order valence-electron chi connectivity index (χ3n) is 2.90. The lowest BCUT2D eigenvalue weighted by molar-refractivity contribution is 0.178. The maximum Gasteiger partial charge on any atom is 0.00413 e. The van der Waals surface area contributed by atoms with Crippen molar-refractivity contribution >= 4 is 0 Å². The third kappa shape index (κ3) is 1.51. The first-order valence-electron chi connectivity index (χ1n) is 4.51. The van der Waals surface area contributed by atoms with Gasteiger partial charge in [-0.1, -0.05) is 32.6 Å². The van der Waals surface area contributed by atoms with Crippen molar-refractivity contribution in [2.75, 3.05) is 0 Å². The molecule has 1 aliphatic rings. The first-order chi connectivity index (χ1) is 4.75. The van der Waals surface area contributed by atoms with Gasteiger partial charge in [-0.15, -0.1) is 0 Å². The van der Waals surface area contributed by atoms with Gasteiger partial charge in [0.2, 0.25) is 0 Å². The summed E-state index contributed by atoms with van der Waals surface area (Å²) in [6.45, 7) is 4.40. The molecule has 1 rings (SSSR count). The van der Waals surface area contributed by atoms with Gasteiger partial charge in [-0.3, -0.25) is 0 Å². The van der Waals surface area contributed by atoms with Crippen LogP contribution in [0.25, 0.3) is 0 Å². The van der Waals surface area contributed by atoms with Gasteiger partial charge in [0, 0.05) is 6.04 Å². The van der Waals surface area contributed by atoms with E-state index in [2.05, 4.69) is 13.8 Å². The maximum atomic E-state index is 5.86. The van der Waals surface area contributed by atoms with E-state index in [1.807, 2.05) is 0 Å². The molecule has 0 aromatic heterocycles. The Bertz CT molecular complexity index is 94.9. The Hall–Kier alpha value is -0.0400. The first kappa shape index (κ1) is 8.06. The van der Waals surface area contributed by atoms with Crippen LogP contribution in [-0.4, -0.2) is 6.04 Å². The lowest BCUT2D eigenvalue weighted by atomic mass is 9.72. The van der Waals surface area contributed by atoms with Gasteiger partial charge in [0.25, 0.3) is 0 Å². The summed E-state index contributed by atoms with van der Waals surface area (Å²) >= 11 is 0. The van der Waals surface area contributed by atoms with Crippen molar-refractivity contribution in [1.29, 1.82) is 0 Å². The van der Waals surface area contributed by atoms with Crippen LogP contribution >= 0.6 is 0 Å². The van der Waals surface area contributed by atoms with E-state index < -0.39 is 0 Å². The van der Waals surface area contributed by atoms with Crippen LogP contribution in [0, 0.1) is 11.8 Å². The van der Waals surface area contributed by atoms with Crippen molar-refractivity contribution in [3.05, 3.63) is 0 Å². The largest absolute Gasteiger partial charge is 0.328 e. The van der Waals surface area contributed by atoms with E-state index in [-0.39, 0.29) is 0 Å². The Kier molecular flexibility index (Phi) is 2.72. The van der Waals surface area contributed by atoms with Gasteiger partial charge in [-0.2, -0.15) is 0 Å². The summed E-state index contributed by atoms with van der Waals surface area (Å²) < 4.78 is 0. The smallest absolute Gasteiger partial charge is 0.00413 e. The standard InChI is InChI=1S/C9H19N/c1-3-9(7(2)10)8-5-4-6-8/h7-9H,3-6,10H2,1-2H3. The fourth-order valence-electron chi connectivity index (χ4n) is 2.00. The molecular weight excluding hydrogens is 122 g/mol. The average Bonchev–Trinajstić information content (AvgIpc) is 1.76. The Morgan fingerprint density at radius 1 is 1.50 bits per heavy atom. The molecule has 1 saturated carbocycles. The monoisotopic (exact) mass is 141 g/mol.